The lowest BCUT2D eigenvalue weighted by atomic mass is 10.2. The van der Waals surface area contributed by atoms with Crippen LogP contribution in [0.3, 0.4) is 0 Å². The van der Waals surface area contributed by atoms with Crippen molar-refractivity contribution in [1.82, 2.24) is 5.32 Å². The van der Waals surface area contributed by atoms with Crippen molar-refractivity contribution in [2.24, 2.45) is 0 Å². The third-order valence-electron chi connectivity index (χ3n) is 2.53. The number of benzene rings is 1. The van der Waals surface area contributed by atoms with Gasteiger partial charge in [-0.1, -0.05) is 0 Å². The van der Waals surface area contributed by atoms with E-state index in [0.29, 0.717) is 13.2 Å². The summed E-state index contributed by atoms with van der Waals surface area (Å²) >= 11 is 2.96. The van der Waals surface area contributed by atoms with Gasteiger partial charge < -0.3 is 15.4 Å². The van der Waals surface area contributed by atoms with E-state index in [9.17, 15) is 19.3 Å². The van der Waals surface area contributed by atoms with E-state index in [-0.39, 0.29) is 34.7 Å². The van der Waals surface area contributed by atoms with Crippen LogP contribution in [0.5, 0.6) is 0 Å². The number of amides is 1. The SMILES string of the molecule is COCCNC(=O)CCNc1cc(Br)c(F)cc1[N+](=O)[O-]. The first-order chi connectivity index (χ1) is 9.95. The molecule has 1 amide bonds. The summed E-state index contributed by atoms with van der Waals surface area (Å²) in [6.45, 7) is 1.00. The number of nitro groups is 1. The number of nitro benzene ring substituents is 1. The maximum atomic E-state index is 13.3. The molecule has 0 aliphatic heterocycles. The highest BCUT2D eigenvalue weighted by atomic mass is 79.9. The summed E-state index contributed by atoms with van der Waals surface area (Å²) in [7, 11) is 1.53. The predicted octanol–water partition coefficient (Wildman–Crippen LogP) is 2.06. The molecule has 0 spiro atoms. The van der Waals surface area contributed by atoms with Gasteiger partial charge in [0.1, 0.15) is 11.5 Å². The summed E-state index contributed by atoms with van der Waals surface area (Å²) in [4.78, 5) is 21.6. The van der Waals surface area contributed by atoms with Crippen molar-refractivity contribution < 1.29 is 18.8 Å². The largest absolute Gasteiger partial charge is 0.383 e. The second-order valence-electron chi connectivity index (χ2n) is 4.06. The van der Waals surface area contributed by atoms with Crippen molar-refractivity contribution >= 4 is 33.2 Å². The number of methoxy groups -OCH3 is 1. The molecule has 0 aromatic heterocycles. The molecule has 9 heteroatoms. The van der Waals surface area contributed by atoms with Crippen molar-refractivity contribution in [2.45, 2.75) is 6.42 Å². The molecule has 0 atom stereocenters. The van der Waals surface area contributed by atoms with Crippen LogP contribution >= 0.6 is 15.9 Å². The average Bonchev–Trinajstić information content (AvgIpc) is 2.42. The van der Waals surface area contributed by atoms with Gasteiger partial charge in [0.15, 0.2) is 0 Å². The van der Waals surface area contributed by atoms with E-state index < -0.39 is 10.7 Å². The minimum Gasteiger partial charge on any atom is -0.383 e. The molecule has 0 unspecified atom stereocenters. The molecule has 1 aromatic carbocycles. The van der Waals surface area contributed by atoms with E-state index in [4.69, 9.17) is 4.74 Å². The van der Waals surface area contributed by atoms with Crippen LogP contribution in [-0.4, -0.2) is 37.6 Å². The smallest absolute Gasteiger partial charge is 0.295 e. The van der Waals surface area contributed by atoms with Gasteiger partial charge in [0.05, 0.1) is 22.1 Å². The molecular weight excluding hydrogens is 349 g/mol. The number of nitrogens with zero attached hydrogens (tertiary/aromatic N) is 1. The van der Waals surface area contributed by atoms with Crippen molar-refractivity contribution in [1.29, 1.82) is 0 Å². The van der Waals surface area contributed by atoms with Crippen LogP contribution in [0.15, 0.2) is 16.6 Å². The van der Waals surface area contributed by atoms with E-state index >= 15 is 0 Å². The van der Waals surface area contributed by atoms with Crippen LogP contribution in [0.4, 0.5) is 15.8 Å². The summed E-state index contributed by atoms with van der Waals surface area (Å²) in [5, 5.41) is 16.2. The van der Waals surface area contributed by atoms with Crippen molar-refractivity contribution in [2.75, 3.05) is 32.1 Å². The number of carbonyl (C=O) groups excluding carboxylic acids is 1. The minimum atomic E-state index is -0.718. The number of nitrogens with one attached hydrogen (secondary N) is 2. The van der Waals surface area contributed by atoms with Gasteiger partial charge in [-0.25, -0.2) is 4.39 Å². The number of anilines is 1. The van der Waals surface area contributed by atoms with Crippen LogP contribution < -0.4 is 10.6 Å². The zero-order valence-corrected chi connectivity index (χ0v) is 12.9. The van der Waals surface area contributed by atoms with Gasteiger partial charge >= 0.3 is 0 Å². The monoisotopic (exact) mass is 363 g/mol. The molecule has 1 aromatic rings. The van der Waals surface area contributed by atoms with E-state index in [2.05, 4.69) is 26.6 Å². The average molecular weight is 364 g/mol. The number of carbonyl (C=O) groups is 1. The number of halogens is 2. The lowest BCUT2D eigenvalue weighted by Crippen LogP contribution is -2.28. The van der Waals surface area contributed by atoms with E-state index in [1.807, 2.05) is 0 Å². The first-order valence-electron chi connectivity index (χ1n) is 6.08. The first kappa shape index (κ1) is 17.3. The van der Waals surface area contributed by atoms with Gasteiger partial charge in [0.25, 0.3) is 5.69 Å². The molecule has 0 saturated heterocycles. The van der Waals surface area contributed by atoms with E-state index in [1.54, 1.807) is 0 Å². The standard InChI is InChI=1S/C12H15BrFN3O4/c1-21-5-4-16-12(18)2-3-15-10-6-8(13)9(14)7-11(10)17(19)20/h6-7,15H,2-5H2,1H3,(H,16,18). The minimum absolute atomic E-state index is 0.111. The van der Waals surface area contributed by atoms with Crippen LogP contribution in [0.25, 0.3) is 0 Å². The number of hydrogen-bond donors (Lipinski definition) is 2. The summed E-state index contributed by atoms with van der Waals surface area (Å²) in [6, 6.07) is 2.10. The maximum Gasteiger partial charge on any atom is 0.295 e. The van der Waals surface area contributed by atoms with Gasteiger partial charge in [-0.05, 0) is 22.0 Å². The molecule has 0 saturated carbocycles. The van der Waals surface area contributed by atoms with Gasteiger partial charge in [-0.15, -0.1) is 0 Å². The Morgan fingerprint density at radius 1 is 1.48 bits per heavy atom. The lowest BCUT2D eigenvalue weighted by molar-refractivity contribution is -0.384. The molecule has 0 heterocycles. The fraction of sp³-hybridized carbons (Fsp3) is 0.417. The summed E-state index contributed by atoms with van der Waals surface area (Å²) in [5.74, 6) is -0.923. The fourth-order valence-corrected chi connectivity index (χ4v) is 1.86. The molecular formula is C12H15BrFN3O4. The summed E-state index contributed by atoms with van der Waals surface area (Å²) in [5.41, 5.74) is -0.228. The van der Waals surface area contributed by atoms with Gasteiger partial charge in [0.2, 0.25) is 5.91 Å². The second-order valence-corrected chi connectivity index (χ2v) is 4.91. The zero-order valence-electron chi connectivity index (χ0n) is 11.3. The Morgan fingerprint density at radius 3 is 2.81 bits per heavy atom. The Labute approximate surface area is 129 Å². The molecule has 0 radical (unpaired) electrons. The zero-order chi connectivity index (χ0) is 15.8. The number of hydrogen-bond acceptors (Lipinski definition) is 5. The highest BCUT2D eigenvalue weighted by molar-refractivity contribution is 9.10. The molecule has 116 valence electrons. The lowest BCUT2D eigenvalue weighted by Gasteiger charge is -2.08. The quantitative estimate of drug-likeness (QED) is 0.418. The Hall–Kier alpha value is -1.74. The molecule has 7 nitrogen and oxygen atoms in total. The number of ether oxygens (including phenoxy) is 1. The van der Waals surface area contributed by atoms with E-state index in [1.165, 1.54) is 13.2 Å². The fourth-order valence-electron chi connectivity index (χ4n) is 1.52. The predicted molar refractivity (Wildman–Crippen MR) is 78.7 cm³/mol. The molecule has 0 aliphatic carbocycles. The Morgan fingerprint density at radius 2 is 2.19 bits per heavy atom. The van der Waals surface area contributed by atoms with Crippen LogP contribution in [0.1, 0.15) is 6.42 Å². The Bertz CT molecular complexity index is 527. The van der Waals surface area contributed by atoms with Crippen molar-refractivity contribution in [3.05, 3.63) is 32.5 Å². The summed E-state index contributed by atoms with van der Waals surface area (Å²) < 4.78 is 18.2. The highest BCUT2D eigenvalue weighted by Gasteiger charge is 2.17. The second kappa shape index (κ2) is 8.53. The van der Waals surface area contributed by atoms with E-state index in [0.717, 1.165) is 6.07 Å². The third kappa shape index (κ3) is 5.64. The summed E-state index contributed by atoms with van der Waals surface area (Å²) in [6.07, 6.45) is 0.135. The number of rotatable bonds is 8. The van der Waals surface area contributed by atoms with Crippen LogP contribution in [0, 0.1) is 15.9 Å². The van der Waals surface area contributed by atoms with Gasteiger partial charge in [-0.3, -0.25) is 14.9 Å². The molecule has 21 heavy (non-hydrogen) atoms. The third-order valence-corrected chi connectivity index (χ3v) is 3.14. The topological polar surface area (TPSA) is 93.5 Å². The first-order valence-corrected chi connectivity index (χ1v) is 6.88. The molecule has 2 N–H and O–H groups in total. The van der Waals surface area contributed by atoms with Crippen molar-refractivity contribution in [3.63, 3.8) is 0 Å². The highest BCUT2D eigenvalue weighted by Crippen LogP contribution is 2.30. The maximum absolute atomic E-state index is 13.3. The van der Waals surface area contributed by atoms with Crippen LogP contribution in [0.2, 0.25) is 0 Å². The van der Waals surface area contributed by atoms with Gasteiger partial charge in [0, 0.05) is 26.6 Å². The molecule has 0 fully saturated rings. The Kier molecular flexibility index (Phi) is 7.03. The van der Waals surface area contributed by atoms with Crippen LogP contribution in [-0.2, 0) is 9.53 Å². The van der Waals surface area contributed by atoms with Crippen molar-refractivity contribution in [3.8, 4) is 0 Å². The molecule has 1 rings (SSSR count). The normalized spacial score (nSPS) is 10.2. The molecule has 0 aliphatic rings. The van der Waals surface area contributed by atoms with Gasteiger partial charge in [-0.2, -0.15) is 0 Å². The Balaban J connectivity index is 2.57. The molecule has 0 bridgehead atoms.